The van der Waals surface area contributed by atoms with Gasteiger partial charge in [-0.3, -0.25) is 9.89 Å². The van der Waals surface area contributed by atoms with Gasteiger partial charge in [-0.15, -0.1) is 0 Å². The topological polar surface area (TPSA) is 108 Å². The number of rotatable bonds is 4. The van der Waals surface area contributed by atoms with Crippen molar-refractivity contribution < 1.29 is 4.79 Å². The summed E-state index contributed by atoms with van der Waals surface area (Å²) in [5, 5.41) is 19.8. The van der Waals surface area contributed by atoms with E-state index in [0.717, 1.165) is 34.9 Å². The molecule has 1 heterocycles. The number of aromatic amines is 1. The molecule has 0 unspecified atom stereocenters. The van der Waals surface area contributed by atoms with E-state index in [1.54, 1.807) is 12.1 Å². The van der Waals surface area contributed by atoms with Crippen molar-refractivity contribution in [3.05, 3.63) is 58.7 Å². The maximum absolute atomic E-state index is 12.7. The minimum atomic E-state index is -0.213. The third-order valence-corrected chi connectivity index (χ3v) is 5.24. The number of nitrogens with zero attached hydrogens (tertiary/aromatic N) is 2. The van der Waals surface area contributed by atoms with Gasteiger partial charge in [0.1, 0.15) is 0 Å². The van der Waals surface area contributed by atoms with Gasteiger partial charge >= 0.3 is 0 Å². The lowest BCUT2D eigenvalue weighted by Gasteiger charge is -2.13. The molecule has 6 heteroatoms. The minimum absolute atomic E-state index is 0.0418. The molecule has 0 saturated heterocycles. The molecule has 3 aromatic rings. The van der Waals surface area contributed by atoms with Crippen molar-refractivity contribution in [2.45, 2.75) is 25.2 Å². The Labute approximate surface area is 151 Å². The van der Waals surface area contributed by atoms with Gasteiger partial charge in [-0.25, -0.2) is 0 Å². The van der Waals surface area contributed by atoms with Crippen LogP contribution in [0.15, 0.2) is 36.4 Å². The Morgan fingerprint density at radius 2 is 2.19 bits per heavy atom. The zero-order valence-electron chi connectivity index (χ0n) is 14.5. The van der Waals surface area contributed by atoms with Crippen LogP contribution in [-0.2, 0) is 5.41 Å². The highest BCUT2D eigenvalue weighted by molar-refractivity contribution is 6.08. The molecule has 1 aliphatic rings. The number of amides is 1. The molecule has 0 atom stereocenters. The Kier molecular flexibility index (Phi) is 3.74. The number of carbonyl (C=O) groups is 1. The lowest BCUT2D eigenvalue weighted by molar-refractivity contribution is 0.102. The molecule has 26 heavy (non-hydrogen) atoms. The summed E-state index contributed by atoms with van der Waals surface area (Å²) >= 11 is 0. The van der Waals surface area contributed by atoms with E-state index in [-0.39, 0.29) is 11.3 Å². The number of anilines is 1. The van der Waals surface area contributed by atoms with E-state index in [2.05, 4.69) is 21.6 Å². The molecule has 2 aromatic carbocycles. The molecule has 1 aliphatic carbocycles. The summed E-state index contributed by atoms with van der Waals surface area (Å²) in [6.07, 6.45) is 2.14. The SMILES string of the molecule is Cc1cc2c(NC(=O)c3cccc(C4(CN)CC4)c3)n[nH]c2cc1C#N. The van der Waals surface area contributed by atoms with Crippen LogP contribution >= 0.6 is 0 Å². The molecule has 130 valence electrons. The van der Waals surface area contributed by atoms with Gasteiger partial charge in [-0.1, -0.05) is 12.1 Å². The summed E-state index contributed by atoms with van der Waals surface area (Å²) in [6, 6.07) is 13.4. The zero-order chi connectivity index (χ0) is 18.3. The van der Waals surface area contributed by atoms with Gasteiger partial charge in [0, 0.05) is 22.9 Å². The Hall–Kier alpha value is -3.17. The molecule has 4 N–H and O–H groups in total. The van der Waals surface area contributed by atoms with Crippen LogP contribution in [-0.4, -0.2) is 22.6 Å². The average Bonchev–Trinajstić information content (AvgIpc) is 3.39. The second-order valence-electron chi connectivity index (χ2n) is 6.92. The molecule has 0 aliphatic heterocycles. The summed E-state index contributed by atoms with van der Waals surface area (Å²) in [6.45, 7) is 2.46. The number of benzene rings is 2. The van der Waals surface area contributed by atoms with Crippen LogP contribution in [0.5, 0.6) is 0 Å². The van der Waals surface area contributed by atoms with E-state index in [1.165, 1.54) is 0 Å². The second-order valence-corrected chi connectivity index (χ2v) is 6.92. The third-order valence-electron chi connectivity index (χ3n) is 5.24. The van der Waals surface area contributed by atoms with E-state index >= 15 is 0 Å². The standard InChI is InChI=1S/C20H19N5O/c1-12-7-16-17(9-14(12)10-21)24-25-18(16)23-19(26)13-3-2-4-15(8-13)20(11-22)5-6-20/h2-4,7-9H,5-6,11,22H2,1H3,(H2,23,24,25,26). The van der Waals surface area contributed by atoms with Gasteiger partial charge in [-0.05, 0) is 55.2 Å². The lowest BCUT2D eigenvalue weighted by atomic mass is 9.94. The van der Waals surface area contributed by atoms with Gasteiger partial charge in [-0.2, -0.15) is 10.4 Å². The number of aryl methyl sites for hydroxylation is 1. The molecule has 0 spiro atoms. The molecule has 1 fully saturated rings. The zero-order valence-corrected chi connectivity index (χ0v) is 14.5. The molecule has 1 amide bonds. The molecule has 0 radical (unpaired) electrons. The summed E-state index contributed by atoms with van der Waals surface area (Å²) in [5.41, 5.74) is 9.80. The van der Waals surface area contributed by atoms with Crippen molar-refractivity contribution in [2.75, 3.05) is 11.9 Å². The lowest BCUT2D eigenvalue weighted by Crippen LogP contribution is -2.20. The van der Waals surface area contributed by atoms with E-state index in [1.807, 2.05) is 31.2 Å². The van der Waals surface area contributed by atoms with Crippen LogP contribution in [0.2, 0.25) is 0 Å². The summed E-state index contributed by atoms with van der Waals surface area (Å²) in [7, 11) is 0. The summed E-state index contributed by atoms with van der Waals surface area (Å²) < 4.78 is 0. The van der Waals surface area contributed by atoms with Crippen LogP contribution in [0.1, 0.15) is 39.9 Å². The molecule has 1 saturated carbocycles. The molecule has 4 rings (SSSR count). The fraction of sp³-hybridized carbons (Fsp3) is 0.250. The Balaban J connectivity index is 1.63. The highest BCUT2D eigenvalue weighted by atomic mass is 16.1. The van der Waals surface area contributed by atoms with Gasteiger partial charge in [0.05, 0.1) is 17.1 Å². The Morgan fingerprint density at radius 1 is 1.38 bits per heavy atom. The van der Waals surface area contributed by atoms with E-state index in [9.17, 15) is 4.79 Å². The predicted octanol–water partition coefficient (Wildman–Crippen LogP) is 2.99. The molecule has 6 nitrogen and oxygen atoms in total. The summed E-state index contributed by atoms with van der Waals surface area (Å²) in [5.74, 6) is 0.248. The number of H-pyrrole nitrogens is 1. The number of hydrogen-bond acceptors (Lipinski definition) is 4. The van der Waals surface area contributed by atoms with Crippen molar-refractivity contribution in [1.82, 2.24) is 10.2 Å². The van der Waals surface area contributed by atoms with Crippen molar-refractivity contribution >= 4 is 22.6 Å². The van der Waals surface area contributed by atoms with Crippen LogP contribution < -0.4 is 11.1 Å². The van der Waals surface area contributed by atoms with E-state index in [4.69, 9.17) is 11.0 Å². The van der Waals surface area contributed by atoms with Crippen LogP contribution in [0.3, 0.4) is 0 Å². The maximum Gasteiger partial charge on any atom is 0.256 e. The number of hydrogen-bond donors (Lipinski definition) is 3. The molecule has 0 bridgehead atoms. The third kappa shape index (κ3) is 2.63. The maximum atomic E-state index is 12.7. The van der Waals surface area contributed by atoms with Crippen LogP contribution in [0, 0.1) is 18.3 Å². The molecule has 1 aromatic heterocycles. The first-order chi connectivity index (χ1) is 12.6. The van der Waals surface area contributed by atoms with Gasteiger partial charge in [0.25, 0.3) is 5.91 Å². The number of fused-ring (bicyclic) bond motifs is 1. The van der Waals surface area contributed by atoms with Crippen molar-refractivity contribution in [3.63, 3.8) is 0 Å². The number of carbonyl (C=O) groups excluding carboxylic acids is 1. The van der Waals surface area contributed by atoms with Crippen LogP contribution in [0.25, 0.3) is 10.9 Å². The first-order valence-corrected chi connectivity index (χ1v) is 8.57. The van der Waals surface area contributed by atoms with Gasteiger partial charge in [0.2, 0.25) is 0 Å². The van der Waals surface area contributed by atoms with Crippen LogP contribution in [0.4, 0.5) is 5.82 Å². The highest BCUT2D eigenvalue weighted by Crippen LogP contribution is 2.47. The van der Waals surface area contributed by atoms with E-state index in [0.29, 0.717) is 23.5 Å². The van der Waals surface area contributed by atoms with Gasteiger partial charge in [0.15, 0.2) is 5.82 Å². The largest absolute Gasteiger partial charge is 0.330 e. The normalized spacial score (nSPS) is 14.8. The smallest absolute Gasteiger partial charge is 0.256 e. The number of nitrogens with one attached hydrogen (secondary N) is 2. The Morgan fingerprint density at radius 3 is 2.88 bits per heavy atom. The number of nitriles is 1. The van der Waals surface area contributed by atoms with Gasteiger partial charge < -0.3 is 11.1 Å². The number of nitrogens with two attached hydrogens (primary N) is 1. The Bertz CT molecular complexity index is 1060. The fourth-order valence-corrected chi connectivity index (χ4v) is 3.32. The first-order valence-electron chi connectivity index (χ1n) is 8.57. The minimum Gasteiger partial charge on any atom is -0.330 e. The highest BCUT2D eigenvalue weighted by Gasteiger charge is 2.42. The fourth-order valence-electron chi connectivity index (χ4n) is 3.32. The van der Waals surface area contributed by atoms with Crippen molar-refractivity contribution in [2.24, 2.45) is 5.73 Å². The average molecular weight is 345 g/mol. The number of aromatic nitrogens is 2. The second kappa shape index (κ2) is 5.97. The predicted molar refractivity (Wildman–Crippen MR) is 99.9 cm³/mol. The molecular formula is C20H19N5O. The van der Waals surface area contributed by atoms with Crippen molar-refractivity contribution in [3.8, 4) is 6.07 Å². The summed E-state index contributed by atoms with van der Waals surface area (Å²) in [4.78, 5) is 12.7. The van der Waals surface area contributed by atoms with E-state index < -0.39 is 0 Å². The molecular weight excluding hydrogens is 326 g/mol. The quantitative estimate of drug-likeness (QED) is 0.675. The monoisotopic (exact) mass is 345 g/mol. The van der Waals surface area contributed by atoms with Crippen molar-refractivity contribution in [1.29, 1.82) is 5.26 Å². The first kappa shape index (κ1) is 16.3.